The van der Waals surface area contributed by atoms with Gasteiger partial charge in [0.25, 0.3) is 5.91 Å². The first-order valence-corrected chi connectivity index (χ1v) is 8.32. The molecular formula is C19H12F3N5O2. The zero-order valence-electron chi connectivity index (χ0n) is 14.6. The number of amides is 1. The minimum Gasteiger partial charge on any atom is -0.406 e. The summed E-state index contributed by atoms with van der Waals surface area (Å²) in [6, 6.07) is 13.7. The van der Waals surface area contributed by atoms with E-state index in [0.29, 0.717) is 22.7 Å². The number of nitrogens with zero attached hydrogens (tertiary/aromatic N) is 4. The quantitative estimate of drug-likeness (QED) is 0.562. The third kappa shape index (κ3) is 4.15. The van der Waals surface area contributed by atoms with Crippen LogP contribution in [0.3, 0.4) is 0 Å². The number of alkyl halides is 3. The van der Waals surface area contributed by atoms with Gasteiger partial charge in [-0.1, -0.05) is 18.2 Å². The summed E-state index contributed by atoms with van der Waals surface area (Å²) in [5.74, 6) is -0.480. The fourth-order valence-corrected chi connectivity index (χ4v) is 2.65. The number of aromatic nitrogens is 4. The van der Waals surface area contributed by atoms with Gasteiger partial charge < -0.3 is 10.1 Å². The second-order valence-corrected chi connectivity index (χ2v) is 5.88. The van der Waals surface area contributed by atoms with Gasteiger partial charge >= 0.3 is 6.36 Å². The van der Waals surface area contributed by atoms with Gasteiger partial charge in [0, 0.05) is 11.8 Å². The van der Waals surface area contributed by atoms with E-state index in [1.165, 1.54) is 35.1 Å². The number of benzene rings is 1. The maximum Gasteiger partial charge on any atom is 0.573 e. The number of ether oxygens (including phenoxy) is 1. The van der Waals surface area contributed by atoms with Crippen molar-refractivity contribution in [3.8, 4) is 17.0 Å². The average molecular weight is 399 g/mol. The summed E-state index contributed by atoms with van der Waals surface area (Å²) in [6.07, 6.45) is -1.90. The smallest absolute Gasteiger partial charge is 0.406 e. The average Bonchev–Trinajstić information content (AvgIpc) is 3.11. The van der Waals surface area contributed by atoms with Crippen LogP contribution in [0.5, 0.6) is 5.75 Å². The third-order valence-corrected chi connectivity index (χ3v) is 3.86. The van der Waals surface area contributed by atoms with E-state index in [1.807, 2.05) is 0 Å². The van der Waals surface area contributed by atoms with Crippen LogP contribution in [0.25, 0.3) is 16.9 Å². The number of pyridine rings is 1. The van der Waals surface area contributed by atoms with E-state index in [1.54, 1.807) is 36.4 Å². The Kier molecular flexibility index (Phi) is 4.59. The molecule has 10 heteroatoms. The number of nitrogens with one attached hydrogen (secondary N) is 1. The van der Waals surface area contributed by atoms with E-state index < -0.39 is 12.3 Å². The van der Waals surface area contributed by atoms with Crippen molar-refractivity contribution in [3.05, 3.63) is 72.7 Å². The second-order valence-electron chi connectivity index (χ2n) is 5.88. The zero-order chi connectivity index (χ0) is 20.4. The third-order valence-electron chi connectivity index (χ3n) is 3.86. The maximum absolute atomic E-state index is 12.6. The molecule has 0 bridgehead atoms. The van der Waals surface area contributed by atoms with Crippen molar-refractivity contribution >= 4 is 17.4 Å². The molecule has 4 aromatic rings. The first-order chi connectivity index (χ1) is 13.9. The summed E-state index contributed by atoms with van der Waals surface area (Å²) in [7, 11) is 0. The summed E-state index contributed by atoms with van der Waals surface area (Å²) in [6.45, 7) is 0. The van der Waals surface area contributed by atoms with Gasteiger partial charge in [0.15, 0.2) is 11.3 Å². The van der Waals surface area contributed by atoms with E-state index in [-0.39, 0.29) is 11.4 Å². The molecule has 0 unspecified atom stereocenters. The van der Waals surface area contributed by atoms with Crippen LogP contribution >= 0.6 is 0 Å². The molecule has 1 aromatic carbocycles. The highest BCUT2D eigenvalue weighted by Crippen LogP contribution is 2.27. The van der Waals surface area contributed by atoms with Crippen molar-refractivity contribution in [2.75, 3.05) is 5.32 Å². The molecule has 4 rings (SSSR count). The van der Waals surface area contributed by atoms with Crippen LogP contribution in [0.1, 0.15) is 10.5 Å². The van der Waals surface area contributed by atoms with Crippen molar-refractivity contribution in [3.63, 3.8) is 0 Å². The molecule has 146 valence electrons. The highest BCUT2D eigenvalue weighted by molar-refractivity contribution is 6.02. The summed E-state index contributed by atoms with van der Waals surface area (Å²) < 4.78 is 42.6. The van der Waals surface area contributed by atoms with Gasteiger partial charge in [-0.25, -0.2) is 14.5 Å². The lowest BCUT2D eigenvalue weighted by Gasteiger charge is -2.10. The van der Waals surface area contributed by atoms with Gasteiger partial charge in [0.05, 0.1) is 11.9 Å². The molecule has 0 fully saturated rings. The zero-order valence-corrected chi connectivity index (χ0v) is 14.6. The number of hydrogen-bond acceptors (Lipinski definition) is 5. The molecule has 1 N–H and O–H groups in total. The van der Waals surface area contributed by atoms with E-state index in [0.717, 1.165) is 0 Å². The number of fused-ring (bicyclic) bond motifs is 1. The first kappa shape index (κ1) is 18.4. The summed E-state index contributed by atoms with van der Waals surface area (Å²) in [5, 5.41) is 6.98. The number of imidazole rings is 1. The largest absolute Gasteiger partial charge is 0.573 e. The van der Waals surface area contributed by atoms with E-state index in [9.17, 15) is 18.0 Å². The Hall–Kier alpha value is -3.95. The minimum absolute atomic E-state index is 0.148. The highest BCUT2D eigenvalue weighted by atomic mass is 19.4. The van der Waals surface area contributed by atoms with Gasteiger partial charge in [0.2, 0.25) is 0 Å². The van der Waals surface area contributed by atoms with Crippen LogP contribution in [0.2, 0.25) is 0 Å². The highest BCUT2D eigenvalue weighted by Gasteiger charge is 2.31. The fraction of sp³-hybridized carbons (Fsp3) is 0.0526. The van der Waals surface area contributed by atoms with Crippen LogP contribution in [0.15, 0.2) is 67.0 Å². The second kappa shape index (κ2) is 7.23. The Bertz CT molecular complexity index is 1180. The predicted octanol–water partition coefficient (Wildman–Crippen LogP) is 3.94. The van der Waals surface area contributed by atoms with Crippen molar-refractivity contribution in [1.29, 1.82) is 0 Å². The molecule has 0 spiro atoms. The standard InChI is InChI=1S/C19H12F3N5O2/c20-19(21,22)29-13-5-3-4-12(10-13)14-7-8-17-24-11-15(27(17)26-14)18(28)25-16-6-1-2-9-23-16/h1-11H,(H,23,25,28). The molecule has 0 saturated heterocycles. The monoisotopic (exact) mass is 399 g/mol. The Labute approximate surface area is 161 Å². The fourth-order valence-electron chi connectivity index (χ4n) is 2.65. The molecule has 0 radical (unpaired) electrons. The molecule has 29 heavy (non-hydrogen) atoms. The number of carbonyl (C=O) groups is 1. The minimum atomic E-state index is -4.79. The SMILES string of the molecule is O=C(Nc1ccccn1)c1cnc2ccc(-c3cccc(OC(F)(F)F)c3)nn12. The van der Waals surface area contributed by atoms with Gasteiger partial charge in [-0.2, -0.15) is 5.10 Å². The maximum atomic E-state index is 12.6. The molecule has 1 amide bonds. The normalized spacial score (nSPS) is 11.4. The Balaban J connectivity index is 1.67. The molecule has 0 aliphatic heterocycles. The van der Waals surface area contributed by atoms with Crippen LogP contribution in [0.4, 0.5) is 19.0 Å². The van der Waals surface area contributed by atoms with Gasteiger partial charge in [-0.3, -0.25) is 4.79 Å². The summed E-state index contributed by atoms with van der Waals surface area (Å²) in [5.41, 5.74) is 1.28. The van der Waals surface area contributed by atoms with Crippen molar-refractivity contribution in [2.24, 2.45) is 0 Å². The summed E-state index contributed by atoms with van der Waals surface area (Å²) >= 11 is 0. The molecular weight excluding hydrogens is 387 g/mol. The lowest BCUT2D eigenvalue weighted by Crippen LogP contribution is -2.17. The molecule has 7 nitrogen and oxygen atoms in total. The number of rotatable bonds is 4. The Morgan fingerprint density at radius 1 is 1.03 bits per heavy atom. The lowest BCUT2D eigenvalue weighted by molar-refractivity contribution is -0.274. The van der Waals surface area contributed by atoms with Crippen LogP contribution in [0, 0.1) is 0 Å². The van der Waals surface area contributed by atoms with Crippen molar-refractivity contribution in [2.45, 2.75) is 6.36 Å². The first-order valence-electron chi connectivity index (χ1n) is 8.32. The van der Waals surface area contributed by atoms with Gasteiger partial charge in [-0.05, 0) is 36.4 Å². The van der Waals surface area contributed by atoms with Crippen LogP contribution < -0.4 is 10.1 Å². The molecule has 3 aromatic heterocycles. The van der Waals surface area contributed by atoms with Crippen LogP contribution in [-0.2, 0) is 0 Å². The predicted molar refractivity (Wildman–Crippen MR) is 97.3 cm³/mol. The molecule has 0 saturated carbocycles. The number of carbonyl (C=O) groups excluding carboxylic acids is 1. The van der Waals surface area contributed by atoms with Crippen molar-refractivity contribution < 1.29 is 22.7 Å². The van der Waals surface area contributed by atoms with Crippen molar-refractivity contribution in [1.82, 2.24) is 19.6 Å². The lowest BCUT2D eigenvalue weighted by atomic mass is 10.1. The molecule has 0 aliphatic carbocycles. The number of hydrogen-bond donors (Lipinski definition) is 1. The number of anilines is 1. The summed E-state index contributed by atoms with van der Waals surface area (Å²) in [4.78, 5) is 20.7. The van der Waals surface area contributed by atoms with Gasteiger partial charge in [-0.15, -0.1) is 13.2 Å². The van der Waals surface area contributed by atoms with Gasteiger partial charge in [0.1, 0.15) is 11.6 Å². The molecule has 3 heterocycles. The Morgan fingerprint density at radius 2 is 1.90 bits per heavy atom. The number of halogens is 3. The molecule has 0 atom stereocenters. The van der Waals surface area contributed by atoms with E-state index in [4.69, 9.17) is 0 Å². The Morgan fingerprint density at radius 3 is 2.66 bits per heavy atom. The van der Waals surface area contributed by atoms with E-state index >= 15 is 0 Å². The topological polar surface area (TPSA) is 81.4 Å². The molecule has 0 aliphatic rings. The van der Waals surface area contributed by atoms with E-state index in [2.05, 4.69) is 25.1 Å². The van der Waals surface area contributed by atoms with Crippen LogP contribution in [-0.4, -0.2) is 31.9 Å².